The first-order chi connectivity index (χ1) is 10.7. The highest BCUT2D eigenvalue weighted by Gasteiger charge is 2.52. The van der Waals surface area contributed by atoms with E-state index in [1.54, 1.807) is 32.0 Å². The Labute approximate surface area is 132 Å². The van der Waals surface area contributed by atoms with Crippen LogP contribution in [0.5, 0.6) is 0 Å². The zero-order valence-electron chi connectivity index (χ0n) is 12.5. The van der Waals surface area contributed by atoms with Crippen molar-refractivity contribution in [2.75, 3.05) is 6.54 Å². The van der Waals surface area contributed by atoms with Crippen molar-refractivity contribution in [3.05, 3.63) is 41.5 Å². The molecule has 1 aliphatic rings. The molecule has 0 N–H and O–H groups in total. The molecular formula is C14H15F2N3O3S. The molecule has 9 heteroatoms. The second-order valence-corrected chi connectivity index (χ2v) is 7.43. The van der Waals surface area contributed by atoms with Crippen LogP contribution in [0.3, 0.4) is 0 Å². The summed E-state index contributed by atoms with van der Waals surface area (Å²) in [4.78, 5) is 3.92. The number of hydrogen-bond acceptors (Lipinski definition) is 5. The molecular weight excluding hydrogens is 328 g/mol. The van der Waals surface area contributed by atoms with E-state index in [2.05, 4.69) is 10.1 Å². The fourth-order valence-electron chi connectivity index (χ4n) is 2.67. The Morgan fingerprint density at radius 3 is 2.61 bits per heavy atom. The molecule has 0 amide bonds. The van der Waals surface area contributed by atoms with Gasteiger partial charge in [0.1, 0.15) is 6.04 Å². The van der Waals surface area contributed by atoms with Gasteiger partial charge in [-0.1, -0.05) is 23.4 Å². The van der Waals surface area contributed by atoms with Gasteiger partial charge < -0.3 is 4.52 Å². The summed E-state index contributed by atoms with van der Waals surface area (Å²) in [6.07, 6.45) is -0.681. The van der Waals surface area contributed by atoms with Crippen molar-refractivity contribution in [1.29, 1.82) is 0 Å². The lowest BCUT2D eigenvalue weighted by atomic mass is 10.2. The molecule has 1 aromatic carbocycles. The van der Waals surface area contributed by atoms with Crippen LogP contribution in [0.2, 0.25) is 0 Å². The minimum atomic E-state index is -4.10. The second-order valence-electron chi connectivity index (χ2n) is 5.57. The maximum Gasteiger partial charge on any atom is 0.263 e. The summed E-state index contributed by atoms with van der Waals surface area (Å²) < 4.78 is 59.1. The Hall–Kier alpha value is -1.87. The summed E-state index contributed by atoms with van der Waals surface area (Å²) in [5.41, 5.74) is 0.489. The topological polar surface area (TPSA) is 76.3 Å². The fourth-order valence-corrected chi connectivity index (χ4v) is 4.51. The van der Waals surface area contributed by atoms with E-state index in [4.69, 9.17) is 4.52 Å². The summed E-state index contributed by atoms with van der Waals surface area (Å²) >= 11 is 0. The number of aromatic nitrogens is 2. The Bertz CT molecular complexity index is 835. The molecule has 124 valence electrons. The SMILES string of the molecule is Cc1noc([C@@H]2CC(F)(F)CN2S(=O)(=O)c2ccccc2C)n1. The van der Waals surface area contributed by atoms with Crippen LogP contribution in [0.25, 0.3) is 0 Å². The quantitative estimate of drug-likeness (QED) is 0.856. The minimum absolute atomic E-state index is 0.000984. The van der Waals surface area contributed by atoms with Crippen molar-refractivity contribution in [2.24, 2.45) is 0 Å². The van der Waals surface area contributed by atoms with Gasteiger partial charge in [0.15, 0.2) is 5.82 Å². The molecule has 23 heavy (non-hydrogen) atoms. The molecule has 1 aliphatic heterocycles. The van der Waals surface area contributed by atoms with Crippen LogP contribution < -0.4 is 0 Å². The summed E-state index contributed by atoms with van der Waals surface area (Å²) in [6, 6.07) is 5.09. The lowest BCUT2D eigenvalue weighted by Crippen LogP contribution is -2.33. The second kappa shape index (κ2) is 5.34. The number of alkyl halides is 2. The van der Waals surface area contributed by atoms with Crippen molar-refractivity contribution in [2.45, 2.75) is 37.1 Å². The van der Waals surface area contributed by atoms with Crippen LogP contribution in [0.4, 0.5) is 8.78 Å². The lowest BCUT2D eigenvalue weighted by Gasteiger charge is -2.21. The van der Waals surface area contributed by atoms with Gasteiger partial charge in [0.05, 0.1) is 11.4 Å². The standard InChI is InChI=1S/C14H15F2N3O3S/c1-9-5-3-4-6-12(9)23(20,21)19-8-14(15,16)7-11(19)13-17-10(2)18-22-13/h3-6,11H,7-8H2,1-2H3/t11-/m0/s1. The van der Waals surface area contributed by atoms with Crippen molar-refractivity contribution < 1.29 is 21.7 Å². The number of benzene rings is 1. The van der Waals surface area contributed by atoms with E-state index < -0.39 is 35.0 Å². The van der Waals surface area contributed by atoms with E-state index in [-0.39, 0.29) is 16.6 Å². The summed E-state index contributed by atoms with van der Waals surface area (Å²) in [6.45, 7) is 2.25. The van der Waals surface area contributed by atoms with Crippen molar-refractivity contribution in [3.63, 3.8) is 0 Å². The molecule has 2 aromatic rings. The lowest BCUT2D eigenvalue weighted by molar-refractivity contribution is 0.0166. The first-order valence-electron chi connectivity index (χ1n) is 6.96. The third-order valence-corrected chi connectivity index (χ3v) is 5.75. The summed E-state index contributed by atoms with van der Waals surface area (Å²) in [5, 5.41) is 3.56. The Kier molecular flexibility index (Phi) is 3.72. The van der Waals surface area contributed by atoms with Crippen LogP contribution >= 0.6 is 0 Å². The normalized spacial score (nSPS) is 21.7. The van der Waals surface area contributed by atoms with Gasteiger partial charge in [-0.25, -0.2) is 17.2 Å². The van der Waals surface area contributed by atoms with Crippen molar-refractivity contribution in [3.8, 4) is 0 Å². The molecule has 2 heterocycles. The smallest absolute Gasteiger partial charge is 0.263 e. The zero-order valence-corrected chi connectivity index (χ0v) is 13.3. The third-order valence-electron chi connectivity index (χ3n) is 3.74. The highest BCUT2D eigenvalue weighted by atomic mass is 32.2. The van der Waals surface area contributed by atoms with Crippen LogP contribution in [0.1, 0.15) is 29.7 Å². The van der Waals surface area contributed by atoms with Gasteiger partial charge in [0.25, 0.3) is 5.92 Å². The molecule has 0 unspecified atom stereocenters. The Morgan fingerprint density at radius 1 is 1.30 bits per heavy atom. The van der Waals surface area contributed by atoms with Gasteiger partial charge in [-0.2, -0.15) is 9.29 Å². The number of sulfonamides is 1. The highest BCUT2D eigenvalue weighted by Crippen LogP contribution is 2.43. The van der Waals surface area contributed by atoms with Crippen molar-refractivity contribution in [1.82, 2.24) is 14.4 Å². The highest BCUT2D eigenvalue weighted by molar-refractivity contribution is 7.89. The van der Waals surface area contributed by atoms with Crippen LogP contribution in [-0.2, 0) is 10.0 Å². The minimum Gasteiger partial charge on any atom is -0.338 e. The molecule has 0 saturated carbocycles. The average Bonchev–Trinajstić information content (AvgIpc) is 3.02. The summed E-state index contributed by atoms with van der Waals surface area (Å²) in [5.74, 6) is -3.00. The van der Waals surface area contributed by atoms with Gasteiger partial charge in [-0.3, -0.25) is 0 Å². The number of hydrogen-bond donors (Lipinski definition) is 0. The molecule has 0 spiro atoms. The van der Waals surface area contributed by atoms with Gasteiger partial charge in [0.2, 0.25) is 15.9 Å². The molecule has 1 atom stereocenters. The number of halogens is 2. The molecule has 0 radical (unpaired) electrons. The predicted octanol–water partition coefficient (Wildman–Crippen LogP) is 2.46. The Morgan fingerprint density at radius 2 is 2.00 bits per heavy atom. The fraction of sp³-hybridized carbons (Fsp3) is 0.429. The summed E-state index contributed by atoms with van der Waals surface area (Å²) in [7, 11) is -4.10. The molecule has 1 saturated heterocycles. The van der Waals surface area contributed by atoms with E-state index in [9.17, 15) is 17.2 Å². The van der Waals surface area contributed by atoms with E-state index in [1.165, 1.54) is 6.07 Å². The molecule has 6 nitrogen and oxygen atoms in total. The molecule has 0 bridgehead atoms. The molecule has 0 aliphatic carbocycles. The van der Waals surface area contributed by atoms with Gasteiger partial charge >= 0.3 is 0 Å². The van der Waals surface area contributed by atoms with Gasteiger partial charge in [-0.05, 0) is 25.5 Å². The number of rotatable bonds is 3. The van der Waals surface area contributed by atoms with E-state index in [0.29, 0.717) is 5.56 Å². The predicted molar refractivity (Wildman–Crippen MR) is 76.4 cm³/mol. The van der Waals surface area contributed by atoms with Crippen molar-refractivity contribution >= 4 is 10.0 Å². The maximum atomic E-state index is 13.9. The first kappa shape index (κ1) is 16.0. The van der Waals surface area contributed by atoms with Crippen LogP contribution in [-0.4, -0.2) is 35.3 Å². The van der Waals surface area contributed by atoms with E-state index >= 15 is 0 Å². The van der Waals surface area contributed by atoms with Crippen LogP contribution in [0.15, 0.2) is 33.7 Å². The average molecular weight is 343 g/mol. The van der Waals surface area contributed by atoms with E-state index in [0.717, 1.165) is 4.31 Å². The number of aryl methyl sites for hydroxylation is 2. The molecule has 1 fully saturated rings. The number of nitrogens with zero attached hydrogens (tertiary/aromatic N) is 3. The Balaban J connectivity index is 2.07. The molecule has 3 rings (SSSR count). The first-order valence-corrected chi connectivity index (χ1v) is 8.40. The molecule has 1 aromatic heterocycles. The van der Waals surface area contributed by atoms with E-state index in [1.807, 2.05) is 0 Å². The largest absolute Gasteiger partial charge is 0.338 e. The monoisotopic (exact) mass is 343 g/mol. The zero-order chi connectivity index (χ0) is 16.8. The van der Waals surface area contributed by atoms with Crippen LogP contribution in [0, 0.1) is 13.8 Å². The van der Waals surface area contributed by atoms with Gasteiger partial charge in [-0.15, -0.1) is 0 Å². The van der Waals surface area contributed by atoms with Gasteiger partial charge in [0, 0.05) is 6.42 Å². The third kappa shape index (κ3) is 2.86. The maximum absolute atomic E-state index is 13.9.